The normalized spacial score (nSPS) is 18.0. The number of carbonyl (C=O) groups excluding carboxylic acids is 1. The van der Waals surface area contributed by atoms with E-state index in [0.29, 0.717) is 18.0 Å². The van der Waals surface area contributed by atoms with E-state index in [9.17, 15) is 4.79 Å². The van der Waals surface area contributed by atoms with Gasteiger partial charge in [0, 0.05) is 13.6 Å². The van der Waals surface area contributed by atoms with Crippen LogP contribution in [0, 0.1) is 0 Å². The van der Waals surface area contributed by atoms with Crippen molar-refractivity contribution in [2.45, 2.75) is 13.0 Å². The van der Waals surface area contributed by atoms with Gasteiger partial charge in [0.15, 0.2) is 11.5 Å². The summed E-state index contributed by atoms with van der Waals surface area (Å²) in [4.78, 5) is 13.5. The molecule has 16 heavy (non-hydrogen) atoms. The molecule has 0 fully saturated rings. The predicted molar refractivity (Wildman–Crippen MR) is 59.7 cm³/mol. The van der Waals surface area contributed by atoms with Crippen molar-refractivity contribution in [3.8, 4) is 11.5 Å². The summed E-state index contributed by atoms with van der Waals surface area (Å²) in [6.45, 7) is 2.87. The lowest BCUT2D eigenvalue weighted by atomic mass is 10.2. The summed E-state index contributed by atoms with van der Waals surface area (Å²) >= 11 is 0. The molecule has 0 saturated carbocycles. The Morgan fingerprint density at radius 2 is 2.12 bits per heavy atom. The van der Waals surface area contributed by atoms with Gasteiger partial charge < -0.3 is 14.4 Å². The van der Waals surface area contributed by atoms with E-state index >= 15 is 0 Å². The fraction of sp³-hybridized carbons (Fsp3) is 0.417. The number of likely N-dealkylation sites (N-methyl/N-ethyl adjacent to an activating group) is 1. The third-order valence-electron chi connectivity index (χ3n) is 2.63. The molecule has 0 spiro atoms. The zero-order chi connectivity index (χ0) is 11.5. The summed E-state index contributed by atoms with van der Waals surface area (Å²) in [5, 5.41) is 0. The molecule has 4 nitrogen and oxygen atoms in total. The summed E-state index contributed by atoms with van der Waals surface area (Å²) in [6.07, 6.45) is -0.528. The molecule has 1 atom stereocenters. The van der Waals surface area contributed by atoms with E-state index in [1.807, 2.05) is 25.1 Å². The van der Waals surface area contributed by atoms with E-state index in [1.165, 1.54) is 0 Å². The van der Waals surface area contributed by atoms with Crippen molar-refractivity contribution in [2.24, 2.45) is 0 Å². The monoisotopic (exact) mass is 221 g/mol. The van der Waals surface area contributed by atoms with Crippen molar-refractivity contribution < 1.29 is 14.3 Å². The Kier molecular flexibility index (Phi) is 2.99. The highest BCUT2D eigenvalue weighted by molar-refractivity contribution is 5.81. The Hall–Kier alpha value is -1.71. The molecular formula is C12H15NO3. The summed E-state index contributed by atoms with van der Waals surface area (Å²) in [7, 11) is 1.76. The van der Waals surface area contributed by atoms with Crippen LogP contribution in [0.5, 0.6) is 11.5 Å². The van der Waals surface area contributed by atoms with Gasteiger partial charge in [0.25, 0.3) is 5.91 Å². The maximum atomic E-state index is 11.9. The average molecular weight is 221 g/mol. The van der Waals surface area contributed by atoms with Crippen molar-refractivity contribution in [1.82, 2.24) is 4.90 Å². The molecule has 0 N–H and O–H groups in total. The molecule has 1 aliphatic heterocycles. The molecule has 0 bridgehead atoms. The van der Waals surface area contributed by atoms with Crippen molar-refractivity contribution in [3.05, 3.63) is 24.3 Å². The van der Waals surface area contributed by atoms with Crippen LogP contribution in [0.3, 0.4) is 0 Å². The van der Waals surface area contributed by atoms with Crippen molar-refractivity contribution in [2.75, 3.05) is 20.2 Å². The van der Waals surface area contributed by atoms with Crippen LogP contribution in [-0.2, 0) is 4.79 Å². The molecule has 1 unspecified atom stereocenters. The number of carbonyl (C=O) groups is 1. The van der Waals surface area contributed by atoms with E-state index in [1.54, 1.807) is 18.0 Å². The van der Waals surface area contributed by atoms with Crippen LogP contribution >= 0.6 is 0 Å². The Bertz CT molecular complexity index is 392. The first-order chi connectivity index (χ1) is 7.72. The highest BCUT2D eigenvalue weighted by atomic mass is 16.6. The average Bonchev–Trinajstić information content (AvgIpc) is 2.36. The molecule has 1 aromatic carbocycles. The van der Waals surface area contributed by atoms with Gasteiger partial charge in [-0.3, -0.25) is 4.79 Å². The van der Waals surface area contributed by atoms with Crippen LogP contribution in [0.4, 0.5) is 0 Å². The third-order valence-corrected chi connectivity index (χ3v) is 2.63. The molecule has 1 aromatic rings. The van der Waals surface area contributed by atoms with E-state index < -0.39 is 6.10 Å². The van der Waals surface area contributed by atoms with Gasteiger partial charge in [-0.05, 0) is 19.1 Å². The summed E-state index contributed by atoms with van der Waals surface area (Å²) in [5.74, 6) is 1.29. The van der Waals surface area contributed by atoms with E-state index in [-0.39, 0.29) is 12.5 Å². The number of hydrogen-bond donors (Lipinski definition) is 0. The molecule has 4 heteroatoms. The van der Waals surface area contributed by atoms with Crippen molar-refractivity contribution in [1.29, 1.82) is 0 Å². The van der Waals surface area contributed by atoms with E-state index in [0.717, 1.165) is 0 Å². The summed E-state index contributed by atoms with van der Waals surface area (Å²) < 4.78 is 11.1. The molecule has 2 rings (SSSR count). The topological polar surface area (TPSA) is 38.8 Å². The van der Waals surface area contributed by atoms with Crippen LogP contribution in [0.2, 0.25) is 0 Å². The van der Waals surface area contributed by atoms with Gasteiger partial charge in [-0.15, -0.1) is 0 Å². The fourth-order valence-electron chi connectivity index (χ4n) is 1.54. The zero-order valence-electron chi connectivity index (χ0n) is 9.47. The quantitative estimate of drug-likeness (QED) is 0.755. The Morgan fingerprint density at radius 1 is 1.44 bits per heavy atom. The van der Waals surface area contributed by atoms with Gasteiger partial charge in [0.05, 0.1) is 0 Å². The number of fused-ring (bicyclic) bond motifs is 1. The molecule has 1 heterocycles. The first-order valence-electron chi connectivity index (χ1n) is 5.36. The molecule has 0 saturated heterocycles. The minimum atomic E-state index is -0.528. The summed E-state index contributed by atoms with van der Waals surface area (Å²) in [5.41, 5.74) is 0. The van der Waals surface area contributed by atoms with Crippen LogP contribution in [0.15, 0.2) is 24.3 Å². The van der Waals surface area contributed by atoms with Gasteiger partial charge in [0.1, 0.15) is 6.61 Å². The van der Waals surface area contributed by atoms with E-state index in [4.69, 9.17) is 9.47 Å². The van der Waals surface area contributed by atoms with Crippen molar-refractivity contribution in [3.63, 3.8) is 0 Å². The second-order valence-corrected chi connectivity index (χ2v) is 3.72. The smallest absolute Gasteiger partial charge is 0.266 e. The molecule has 0 aliphatic carbocycles. The molecular weight excluding hydrogens is 206 g/mol. The maximum absolute atomic E-state index is 11.9. The lowest BCUT2D eigenvalue weighted by Gasteiger charge is -2.28. The Morgan fingerprint density at radius 3 is 2.81 bits per heavy atom. The first kappa shape index (κ1) is 10.8. The molecule has 1 amide bonds. The number of benzene rings is 1. The number of para-hydroxylation sites is 2. The second kappa shape index (κ2) is 4.43. The van der Waals surface area contributed by atoms with Crippen LogP contribution in [0.25, 0.3) is 0 Å². The van der Waals surface area contributed by atoms with Crippen LogP contribution in [-0.4, -0.2) is 37.1 Å². The van der Waals surface area contributed by atoms with E-state index in [2.05, 4.69) is 0 Å². The Balaban J connectivity index is 2.11. The largest absolute Gasteiger partial charge is 0.485 e. The van der Waals surface area contributed by atoms with Crippen LogP contribution < -0.4 is 9.47 Å². The fourth-order valence-corrected chi connectivity index (χ4v) is 1.54. The summed E-state index contributed by atoms with van der Waals surface area (Å²) in [6, 6.07) is 7.38. The first-order valence-corrected chi connectivity index (χ1v) is 5.36. The Labute approximate surface area is 94.8 Å². The highest BCUT2D eigenvalue weighted by Gasteiger charge is 2.28. The number of ether oxygens (including phenoxy) is 2. The molecule has 86 valence electrons. The zero-order valence-corrected chi connectivity index (χ0v) is 9.47. The molecule has 0 radical (unpaired) electrons. The predicted octanol–water partition coefficient (Wildman–Crippen LogP) is 1.30. The third kappa shape index (κ3) is 1.96. The van der Waals surface area contributed by atoms with Gasteiger partial charge in [-0.2, -0.15) is 0 Å². The molecule has 1 aliphatic rings. The number of rotatable bonds is 2. The lowest BCUT2D eigenvalue weighted by molar-refractivity contribution is -0.139. The van der Waals surface area contributed by atoms with Gasteiger partial charge in [-0.1, -0.05) is 12.1 Å². The van der Waals surface area contributed by atoms with Crippen molar-refractivity contribution >= 4 is 5.91 Å². The highest BCUT2D eigenvalue weighted by Crippen LogP contribution is 2.31. The number of nitrogens with zero attached hydrogens (tertiary/aromatic N) is 1. The standard InChI is InChI=1S/C12H15NO3/c1-3-13(2)12(14)11-8-15-9-6-4-5-7-10(9)16-11/h4-7,11H,3,8H2,1-2H3. The minimum absolute atomic E-state index is 0.0444. The number of amides is 1. The second-order valence-electron chi connectivity index (χ2n) is 3.72. The minimum Gasteiger partial charge on any atom is -0.485 e. The maximum Gasteiger partial charge on any atom is 0.266 e. The number of hydrogen-bond acceptors (Lipinski definition) is 3. The van der Waals surface area contributed by atoms with Crippen LogP contribution in [0.1, 0.15) is 6.92 Å². The van der Waals surface area contributed by atoms with Gasteiger partial charge >= 0.3 is 0 Å². The molecule has 0 aromatic heterocycles. The SMILES string of the molecule is CCN(C)C(=O)C1COc2ccccc2O1. The van der Waals surface area contributed by atoms with Gasteiger partial charge in [0.2, 0.25) is 6.10 Å². The lowest BCUT2D eigenvalue weighted by Crippen LogP contribution is -2.44. The van der Waals surface area contributed by atoms with Gasteiger partial charge in [-0.25, -0.2) is 0 Å².